The first-order valence-corrected chi connectivity index (χ1v) is 11.0. The Morgan fingerprint density at radius 2 is 2.09 bits per heavy atom. The van der Waals surface area contributed by atoms with Gasteiger partial charge in [-0.15, -0.1) is 0 Å². The van der Waals surface area contributed by atoms with Gasteiger partial charge < -0.3 is 20.8 Å². The van der Waals surface area contributed by atoms with E-state index in [1.807, 2.05) is 25.4 Å². The number of hydrogen-bond acceptors (Lipinski definition) is 8. The zero-order chi connectivity index (χ0) is 23.1. The summed E-state index contributed by atoms with van der Waals surface area (Å²) >= 11 is 0. The summed E-state index contributed by atoms with van der Waals surface area (Å²) in [5.74, 6) is 0.401. The van der Waals surface area contributed by atoms with Crippen LogP contribution in [0.1, 0.15) is 29.3 Å². The zero-order valence-corrected chi connectivity index (χ0v) is 18.7. The summed E-state index contributed by atoms with van der Waals surface area (Å²) in [6, 6.07) is 3.89. The molecule has 33 heavy (non-hydrogen) atoms. The topological polar surface area (TPSA) is 129 Å². The van der Waals surface area contributed by atoms with Crippen LogP contribution in [0.5, 0.6) is 0 Å². The number of carbonyl (C=O) groups excluding carboxylic acids is 1. The Hall–Kier alpha value is -3.72. The third-order valence-corrected chi connectivity index (χ3v) is 6.13. The van der Waals surface area contributed by atoms with Crippen LogP contribution >= 0.6 is 0 Å². The summed E-state index contributed by atoms with van der Waals surface area (Å²) in [6.07, 6.45) is 9.98. The first kappa shape index (κ1) is 21.1. The van der Waals surface area contributed by atoms with Crippen molar-refractivity contribution in [1.29, 1.82) is 0 Å². The van der Waals surface area contributed by atoms with Crippen molar-refractivity contribution in [2.45, 2.75) is 25.8 Å². The Morgan fingerprint density at radius 3 is 2.85 bits per heavy atom. The number of hydrogen-bond donors (Lipinski definition) is 2. The lowest BCUT2D eigenvalue weighted by Gasteiger charge is -2.37. The van der Waals surface area contributed by atoms with Crippen LogP contribution in [0.2, 0.25) is 0 Å². The standard InChI is InChI=1S/C24H27N7O2/c1-14-5-18(25)13-31(11-14)19-3-4-27-8-16(19)6-20(32)22-23-21(33-24(22)26)7-15(9-28-23)17-10-29-30(2)12-17/h3-4,7-10,12,14,18H,5-6,11,13,25-26H2,1-2H3/t14-,18+/m1/s1. The van der Waals surface area contributed by atoms with E-state index in [0.29, 0.717) is 22.6 Å². The minimum absolute atomic E-state index is 0.0740. The second-order valence-electron chi connectivity index (χ2n) is 8.93. The lowest BCUT2D eigenvalue weighted by atomic mass is 9.95. The SMILES string of the molecule is C[C@@H]1C[C@H](N)CN(c2ccncc2CC(=O)c2c(N)oc3cc(-c4cnn(C)c4)cnc23)C1. The maximum atomic E-state index is 13.4. The minimum Gasteiger partial charge on any atom is -0.438 e. The molecule has 1 aliphatic heterocycles. The van der Waals surface area contributed by atoms with Gasteiger partial charge in [-0.2, -0.15) is 5.10 Å². The molecule has 9 heteroatoms. The molecule has 0 amide bonds. The number of nitrogens with two attached hydrogens (primary N) is 2. The van der Waals surface area contributed by atoms with Crippen molar-refractivity contribution < 1.29 is 9.21 Å². The van der Waals surface area contributed by atoms with E-state index in [0.717, 1.165) is 41.9 Å². The Bertz CT molecular complexity index is 1320. The number of rotatable bonds is 5. The number of nitrogen functional groups attached to an aromatic ring is 1. The molecule has 170 valence electrons. The monoisotopic (exact) mass is 445 g/mol. The summed E-state index contributed by atoms with van der Waals surface area (Å²) in [5.41, 5.74) is 17.2. The molecule has 2 atom stereocenters. The number of aryl methyl sites for hydroxylation is 1. The average Bonchev–Trinajstić information content (AvgIpc) is 3.35. The van der Waals surface area contributed by atoms with Crippen LogP contribution in [0, 0.1) is 5.92 Å². The number of nitrogens with zero attached hydrogens (tertiary/aromatic N) is 5. The quantitative estimate of drug-likeness (QED) is 0.449. The molecule has 1 saturated heterocycles. The van der Waals surface area contributed by atoms with Crippen molar-refractivity contribution in [3.8, 4) is 11.1 Å². The number of ketones is 1. The molecular weight excluding hydrogens is 418 g/mol. The van der Waals surface area contributed by atoms with Crippen LogP contribution in [-0.4, -0.2) is 44.7 Å². The first-order valence-electron chi connectivity index (χ1n) is 11.0. The van der Waals surface area contributed by atoms with Crippen molar-refractivity contribution in [3.05, 3.63) is 54.2 Å². The van der Waals surface area contributed by atoms with Gasteiger partial charge >= 0.3 is 0 Å². The molecule has 0 bridgehead atoms. The van der Waals surface area contributed by atoms with Crippen molar-refractivity contribution >= 4 is 28.5 Å². The van der Waals surface area contributed by atoms with Gasteiger partial charge in [0.25, 0.3) is 0 Å². The van der Waals surface area contributed by atoms with E-state index in [4.69, 9.17) is 15.9 Å². The average molecular weight is 446 g/mol. The van der Waals surface area contributed by atoms with E-state index >= 15 is 0 Å². The fourth-order valence-electron chi connectivity index (χ4n) is 4.72. The summed E-state index contributed by atoms with van der Waals surface area (Å²) in [4.78, 5) is 24.4. The van der Waals surface area contributed by atoms with E-state index in [1.165, 1.54) is 0 Å². The largest absolute Gasteiger partial charge is 0.438 e. The summed E-state index contributed by atoms with van der Waals surface area (Å²) in [7, 11) is 1.85. The highest BCUT2D eigenvalue weighted by atomic mass is 16.3. The summed E-state index contributed by atoms with van der Waals surface area (Å²) < 4.78 is 7.44. The second kappa shape index (κ2) is 8.32. The Kier molecular flexibility index (Phi) is 5.33. The molecule has 0 spiro atoms. The lowest BCUT2D eigenvalue weighted by molar-refractivity contribution is 0.0994. The van der Waals surface area contributed by atoms with Gasteiger partial charge in [0.1, 0.15) is 11.1 Å². The fourth-order valence-corrected chi connectivity index (χ4v) is 4.72. The highest BCUT2D eigenvalue weighted by molar-refractivity contribution is 6.11. The van der Waals surface area contributed by atoms with Crippen LogP contribution < -0.4 is 16.4 Å². The predicted molar refractivity (Wildman–Crippen MR) is 127 cm³/mol. The lowest BCUT2D eigenvalue weighted by Crippen LogP contribution is -2.46. The van der Waals surface area contributed by atoms with Gasteiger partial charge in [0.15, 0.2) is 11.4 Å². The van der Waals surface area contributed by atoms with Gasteiger partial charge in [0, 0.05) is 79.8 Å². The number of aromatic nitrogens is 4. The first-order chi connectivity index (χ1) is 15.9. The molecular formula is C24H27N7O2. The molecule has 0 unspecified atom stereocenters. The molecule has 4 aromatic heterocycles. The van der Waals surface area contributed by atoms with Crippen LogP contribution in [0.15, 0.2) is 47.5 Å². The maximum Gasteiger partial charge on any atom is 0.204 e. The van der Waals surface area contributed by atoms with Gasteiger partial charge in [-0.05, 0) is 24.5 Å². The highest BCUT2D eigenvalue weighted by Crippen LogP contribution is 2.32. The second-order valence-corrected chi connectivity index (χ2v) is 8.93. The number of furan rings is 1. The van der Waals surface area contributed by atoms with Gasteiger partial charge in [0.2, 0.25) is 5.88 Å². The molecule has 0 aliphatic carbocycles. The Morgan fingerprint density at radius 1 is 1.24 bits per heavy atom. The van der Waals surface area contributed by atoms with Crippen molar-refractivity contribution in [3.63, 3.8) is 0 Å². The van der Waals surface area contributed by atoms with Gasteiger partial charge in [-0.3, -0.25) is 19.4 Å². The van der Waals surface area contributed by atoms with Crippen molar-refractivity contribution in [1.82, 2.24) is 19.7 Å². The molecule has 1 fully saturated rings. The predicted octanol–water partition coefficient (Wildman–Crippen LogP) is 2.80. The third kappa shape index (κ3) is 4.07. The van der Waals surface area contributed by atoms with E-state index in [2.05, 4.69) is 26.9 Å². The number of carbonyl (C=O) groups is 1. The van der Waals surface area contributed by atoms with E-state index in [1.54, 1.807) is 29.5 Å². The van der Waals surface area contributed by atoms with Crippen LogP contribution in [0.25, 0.3) is 22.2 Å². The third-order valence-electron chi connectivity index (χ3n) is 6.13. The normalized spacial score (nSPS) is 18.7. The molecule has 4 N–H and O–H groups in total. The smallest absolute Gasteiger partial charge is 0.204 e. The molecule has 1 aliphatic rings. The van der Waals surface area contributed by atoms with E-state index in [-0.39, 0.29) is 24.1 Å². The Balaban J connectivity index is 1.45. The number of anilines is 2. The molecule has 5 rings (SSSR count). The number of Topliss-reactive ketones (excluding diaryl/α,β-unsaturated/α-hetero) is 1. The fraction of sp³-hybridized carbons (Fsp3) is 0.333. The minimum atomic E-state index is -0.156. The van der Waals surface area contributed by atoms with E-state index in [9.17, 15) is 4.79 Å². The molecule has 0 saturated carbocycles. The van der Waals surface area contributed by atoms with Crippen LogP contribution in [0.4, 0.5) is 11.6 Å². The van der Waals surface area contributed by atoms with Gasteiger partial charge in [-0.25, -0.2) is 0 Å². The molecule has 9 nitrogen and oxygen atoms in total. The number of fused-ring (bicyclic) bond motifs is 1. The summed E-state index contributed by atoms with van der Waals surface area (Å²) in [5, 5.41) is 4.19. The van der Waals surface area contributed by atoms with Gasteiger partial charge in [0.05, 0.1) is 6.20 Å². The van der Waals surface area contributed by atoms with Gasteiger partial charge in [-0.1, -0.05) is 6.92 Å². The van der Waals surface area contributed by atoms with E-state index < -0.39 is 0 Å². The van der Waals surface area contributed by atoms with Crippen LogP contribution in [-0.2, 0) is 13.5 Å². The van der Waals surface area contributed by atoms with Crippen LogP contribution in [0.3, 0.4) is 0 Å². The number of pyridine rings is 2. The van der Waals surface area contributed by atoms with Crippen molar-refractivity contribution in [2.24, 2.45) is 18.7 Å². The van der Waals surface area contributed by atoms with Crippen molar-refractivity contribution in [2.75, 3.05) is 23.7 Å². The molecule has 5 heterocycles. The maximum absolute atomic E-state index is 13.4. The molecule has 4 aromatic rings. The Labute approximate surface area is 191 Å². The molecule has 0 aromatic carbocycles. The number of piperidine rings is 1. The zero-order valence-electron chi connectivity index (χ0n) is 18.7. The summed E-state index contributed by atoms with van der Waals surface area (Å²) in [6.45, 7) is 3.85. The highest BCUT2D eigenvalue weighted by Gasteiger charge is 2.26. The molecule has 0 radical (unpaired) electrons.